The summed E-state index contributed by atoms with van der Waals surface area (Å²) in [5, 5.41) is 2.87. The third-order valence-corrected chi connectivity index (χ3v) is 4.01. The fraction of sp³-hybridized carbons (Fsp3) is 0. The first-order valence-electron chi connectivity index (χ1n) is 5.39. The lowest BCUT2D eigenvalue weighted by atomic mass is 10.2. The minimum absolute atomic E-state index is 0.154. The first-order valence-corrected chi connectivity index (χ1v) is 7.39. The van der Waals surface area contributed by atoms with E-state index in [1.165, 1.54) is 6.07 Å². The van der Waals surface area contributed by atoms with Crippen LogP contribution in [0.3, 0.4) is 0 Å². The highest BCUT2D eigenvalue weighted by Gasteiger charge is 2.11. The summed E-state index contributed by atoms with van der Waals surface area (Å²) in [4.78, 5) is 0.262. The average molecular weight is 422 g/mol. The molecule has 0 unspecified atom stereocenters. The molecule has 2 aromatic carbocycles. The molecule has 0 radical (unpaired) electrons. The Morgan fingerprint density at radius 2 is 1.80 bits per heavy atom. The number of nitrogens with two attached hydrogens (primary N) is 1. The van der Waals surface area contributed by atoms with Crippen LogP contribution in [0, 0.1) is 11.6 Å². The van der Waals surface area contributed by atoms with Crippen molar-refractivity contribution >= 4 is 60.4 Å². The zero-order valence-corrected chi connectivity index (χ0v) is 13.9. The highest BCUT2D eigenvalue weighted by Crippen LogP contribution is 2.31. The number of rotatable bonds is 3. The number of benzene rings is 2. The van der Waals surface area contributed by atoms with E-state index in [1.54, 1.807) is 18.2 Å². The lowest BCUT2D eigenvalue weighted by Gasteiger charge is -2.11. The van der Waals surface area contributed by atoms with Crippen molar-refractivity contribution in [3.05, 3.63) is 56.5 Å². The van der Waals surface area contributed by atoms with Gasteiger partial charge in [0.15, 0.2) is 5.82 Å². The maximum absolute atomic E-state index is 13.7. The van der Waals surface area contributed by atoms with Gasteiger partial charge in [-0.15, -0.1) is 0 Å². The van der Waals surface area contributed by atoms with Crippen LogP contribution in [0.4, 0.5) is 20.2 Å². The van der Waals surface area contributed by atoms with Gasteiger partial charge >= 0.3 is 0 Å². The summed E-state index contributed by atoms with van der Waals surface area (Å²) in [6.45, 7) is 0. The quantitative estimate of drug-likeness (QED) is 0.694. The van der Waals surface area contributed by atoms with Crippen LogP contribution in [-0.4, -0.2) is 4.99 Å². The molecule has 0 saturated heterocycles. The SMILES string of the molecule is NC(=S)c1ccc(Nc2c(F)cc(F)cc2Br)cc1Br. The van der Waals surface area contributed by atoms with Crippen molar-refractivity contribution < 1.29 is 8.78 Å². The molecule has 104 valence electrons. The van der Waals surface area contributed by atoms with Crippen molar-refractivity contribution in [2.75, 3.05) is 5.32 Å². The molecule has 0 saturated carbocycles. The highest BCUT2D eigenvalue weighted by atomic mass is 79.9. The maximum Gasteiger partial charge on any atom is 0.150 e. The fourth-order valence-electron chi connectivity index (χ4n) is 1.60. The van der Waals surface area contributed by atoms with Gasteiger partial charge < -0.3 is 11.1 Å². The minimum atomic E-state index is -0.689. The van der Waals surface area contributed by atoms with E-state index in [-0.39, 0.29) is 10.7 Å². The van der Waals surface area contributed by atoms with Gasteiger partial charge in [0, 0.05) is 26.3 Å². The first kappa shape index (κ1) is 15.3. The second-order valence-electron chi connectivity index (χ2n) is 3.93. The molecule has 0 atom stereocenters. The predicted octanol–water partition coefficient (Wildman–Crippen LogP) is 4.87. The minimum Gasteiger partial charge on any atom is -0.389 e. The molecule has 0 aromatic heterocycles. The summed E-state index contributed by atoms with van der Waals surface area (Å²) in [5.74, 6) is -1.34. The van der Waals surface area contributed by atoms with Crippen LogP contribution in [0.25, 0.3) is 0 Å². The van der Waals surface area contributed by atoms with E-state index in [4.69, 9.17) is 18.0 Å². The molecule has 0 spiro atoms. The standard InChI is InChI=1S/C13H8Br2F2N2S/c14-9-5-7(1-2-8(9)13(18)20)19-12-10(15)3-6(16)4-11(12)17/h1-5,19H,(H2,18,20). The summed E-state index contributed by atoms with van der Waals surface area (Å²) >= 11 is 11.4. The molecule has 3 N–H and O–H groups in total. The normalized spacial score (nSPS) is 10.4. The topological polar surface area (TPSA) is 38.0 Å². The summed E-state index contributed by atoms with van der Waals surface area (Å²) in [7, 11) is 0. The summed E-state index contributed by atoms with van der Waals surface area (Å²) in [6.07, 6.45) is 0. The second-order valence-corrected chi connectivity index (χ2v) is 6.08. The molecule has 0 fully saturated rings. The van der Waals surface area contributed by atoms with Crippen molar-refractivity contribution in [2.45, 2.75) is 0 Å². The molecule has 0 amide bonds. The lowest BCUT2D eigenvalue weighted by Crippen LogP contribution is -2.10. The van der Waals surface area contributed by atoms with Crippen molar-refractivity contribution in [3.8, 4) is 0 Å². The number of hydrogen-bond acceptors (Lipinski definition) is 2. The molecule has 0 aliphatic carbocycles. The Morgan fingerprint density at radius 3 is 2.35 bits per heavy atom. The molecular weight excluding hydrogens is 414 g/mol. The van der Waals surface area contributed by atoms with Crippen LogP contribution < -0.4 is 11.1 Å². The van der Waals surface area contributed by atoms with Crippen molar-refractivity contribution in [1.29, 1.82) is 0 Å². The van der Waals surface area contributed by atoms with E-state index in [9.17, 15) is 8.78 Å². The molecule has 0 bridgehead atoms. The lowest BCUT2D eigenvalue weighted by molar-refractivity contribution is 0.584. The zero-order valence-electron chi connectivity index (χ0n) is 9.88. The second kappa shape index (κ2) is 6.15. The van der Waals surface area contributed by atoms with Crippen molar-refractivity contribution in [2.24, 2.45) is 5.73 Å². The number of anilines is 2. The van der Waals surface area contributed by atoms with Gasteiger partial charge in [-0.1, -0.05) is 12.2 Å². The van der Waals surface area contributed by atoms with Gasteiger partial charge in [-0.25, -0.2) is 8.78 Å². The van der Waals surface area contributed by atoms with E-state index >= 15 is 0 Å². The number of nitrogens with one attached hydrogen (secondary N) is 1. The Kier molecular flexibility index (Phi) is 4.72. The van der Waals surface area contributed by atoms with Gasteiger partial charge in [0.1, 0.15) is 10.8 Å². The Bertz CT molecular complexity index is 669. The molecule has 0 aliphatic rings. The van der Waals surface area contributed by atoms with Crippen LogP contribution in [-0.2, 0) is 0 Å². The molecule has 20 heavy (non-hydrogen) atoms. The Labute approximate surface area is 136 Å². The van der Waals surface area contributed by atoms with Crippen LogP contribution >= 0.6 is 44.1 Å². The van der Waals surface area contributed by atoms with E-state index < -0.39 is 11.6 Å². The van der Waals surface area contributed by atoms with Gasteiger partial charge in [0.25, 0.3) is 0 Å². The average Bonchev–Trinajstić information content (AvgIpc) is 2.33. The van der Waals surface area contributed by atoms with Gasteiger partial charge in [-0.3, -0.25) is 0 Å². The number of thiocarbonyl (C=S) groups is 1. The van der Waals surface area contributed by atoms with Gasteiger partial charge in [0.2, 0.25) is 0 Å². The van der Waals surface area contributed by atoms with E-state index in [1.807, 2.05) is 0 Å². The monoisotopic (exact) mass is 420 g/mol. The smallest absolute Gasteiger partial charge is 0.150 e. The van der Waals surface area contributed by atoms with Gasteiger partial charge in [0.05, 0.1) is 5.69 Å². The molecule has 7 heteroatoms. The first-order chi connectivity index (χ1) is 9.38. The van der Waals surface area contributed by atoms with Gasteiger partial charge in [-0.05, 0) is 56.1 Å². The summed E-state index contributed by atoms with van der Waals surface area (Å²) < 4.78 is 27.7. The molecule has 2 rings (SSSR count). The van der Waals surface area contributed by atoms with Crippen LogP contribution in [0.15, 0.2) is 39.3 Å². The highest BCUT2D eigenvalue weighted by molar-refractivity contribution is 9.11. The molecule has 0 heterocycles. The predicted molar refractivity (Wildman–Crippen MR) is 87.4 cm³/mol. The Morgan fingerprint density at radius 1 is 1.10 bits per heavy atom. The van der Waals surface area contributed by atoms with E-state index in [0.717, 1.165) is 6.07 Å². The molecular formula is C13H8Br2F2N2S. The molecule has 2 aromatic rings. The van der Waals surface area contributed by atoms with Gasteiger partial charge in [-0.2, -0.15) is 0 Å². The largest absolute Gasteiger partial charge is 0.389 e. The Balaban J connectivity index is 2.36. The van der Waals surface area contributed by atoms with Crippen molar-refractivity contribution in [3.63, 3.8) is 0 Å². The third-order valence-electron chi connectivity index (χ3n) is 2.51. The number of hydrogen-bond donors (Lipinski definition) is 2. The molecule has 2 nitrogen and oxygen atoms in total. The van der Waals surface area contributed by atoms with Crippen LogP contribution in [0.5, 0.6) is 0 Å². The van der Waals surface area contributed by atoms with Crippen LogP contribution in [0.1, 0.15) is 5.56 Å². The zero-order chi connectivity index (χ0) is 14.9. The van der Waals surface area contributed by atoms with E-state index in [2.05, 4.69) is 37.2 Å². The van der Waals surface area contributed by atoms with Crippen LogP contribution in [0.2, 0.25) is 0 Å². The maximum atomic E-state index is 13.7. The molecule has 0 aliphatic heterocycles. The fourth-order valence-corrected chi connectivity index (χ4v) is 3.01. The number of halogens is 4. The van der Waals surface area contributed by atoms with Crippen molar-refractivity contribution in [1.82, 2.24) is 0 Å². The third kappa shape index (κ3) is 3.34. The summed E-state index contributed by atoms with van der Waals surface area (Å²) in [5.41, 5.74) is 7.01. The summed E-state index contributed by atoms with van der Waals surface area (Å²) in [6, 6.07) is 7.12. The van der Waals surface area contributed by atoms with E-state index in [0.29, 0.717) is 20.2 Å². The Hall–Kier alpha value is -1.05.